The molecule has 1 aromatic rings. The van der Waals surface area contributed by atoms with E-state index in [0.29, 0.717) is 6.04 Å². The van der Waals surface area contributed by atoms with Crippen molar-refractivity contribution in [2.75, 3.05) is 39.4 Å². The Kier molecular flexibility index (Phi) is 4.97. The van der Waals surface area contributed by atoms with Crippen molar-refractivity contribution >= 4 is 0 Å². The van der Waals surface area contributed by atoms with Crippen LogP contribution in [0.15, 0.2) is 12.3 Å². The van der Waals surface area contributed by atoms with E-state index in [1.54, 1.807) is 6.20 Å². The lowest BCUT2D eigenvalue weighted by Gasteiger charge is -2.26. The summed E-state index contributed by atoms with van der Waals surface area (Å²) in [6.07, 6.45) is 2.97. The summed E-state index contributed by atoms with van der Waals surface area (Å²) in [7, 11) is 0. The molecular weight excluding hydrogens is 216 g/mol. The summed E-state index contributed by atoms with van der Waals surface area (Å²) in [5.41, 5.74) is 1.15. The van der Waals surface area contributed by atoms with Crippen molar-refractivity contribution in [3.63, 3.8) is 0 Å². The molecule has 96 valence electrons. The molecule has 0 spiro atoms. The second kappa shape index (κ2) is 6.74. The Hall–Kier alpha value is -0.910. The van der Waals surface area contributed by atoms with Gasteiger partial charge in [-0.2, -0.15) is 5.10 Å². The fourth-order valence-corrected chi connectivity index (χ4v) is 2.06. The molecule has 5 nitrogen and oxygen atoms in total. The van der Waals surface area contributed by atoms with Gasteiger partial charge >= 0.3 is 0 Å². The van der Waals surface area contributed by atoms with Crippen molar-refractivity contribution in [1.82, 2.24) is 20.4 Å². The van der Waals surface area contributed by atoms with Crippen LogP contribution in [0, 0.1) is 0 Å². The summed E-state index contributed by atoms with van der Waals surface area (Å²) in [5.74, 6) is 0. The number of aromatic nitrogens is 2. The lowest BCUT2D eigenvalue weighted by Crippen LogP contribution is -2.37. The zero-order valence-electron chi connectivity index (χ0n) is 10.5. The average molecular weight is 238 g/mol. The number of hydrogen-bond donors (Lipinski definition) is 2. The van der Waals surface area contributed by atoms with Crippen LogP contribution in [0.3, 0.4) is 0 Å². The molecule has 1 fully saturated rings. The summed E-state index contributed by atoms with van der Waals surface area (Å²) in [6.45, 7) is 8.29. The smallest absolute Gasteiger partial charge is 0.0594 e. The minimum absolute atomic E-state index is 0.349. The molecule has 1 atom stereocenters. The van der Waals surface area contributed by atoms with E-state index in [1.165, 1.54) is 6.42 Å². The Bertz CT molecular complexity index is 295. The molecule has 1 aliphatic heterocycles. The molecule has 0 saturated carbocycles. The van der Waals surface area contributed by atoms with E-state index in [-0.39, 0.29) is 0 Å². The molecule has 2 N–H and O–H groups in total. The van der Waals surface area contributed by atoms with Gasteiger partial charge in [-0.25, -0.2) is 0 Å². The molecule has 1 aromatic heterocycles. The Morgan fingerprint density at radius 1 is 1.53 bits per heavy atom. The standard InChI is InChI=1S/C12H22N4O/c1-11(12-3-5-14-15-12)13-4-2-6-16-7-9-17-10-8-16/h3,5,11,13H,2,4,6-10H2,1H3,(H,14,15). The number of ether oxygens (including phenoxy) is 1. The van der Waals surface area contributed by atoms with Gasteiger partial charge in [0.25, 0.3) is 0 Å². The van der Waals surface area contributed by atoms with Crippen LogP contribution in [0.4, 0.5) is 0 Å². The van der Waals surface area contributed by atoms with Gasteiger partial charge < -0.3 is 10.1 Å². The van der Waals surface area contributed by atoms with Gasteiger partial charge in [0.1, 0.15) is 0 Å². The van der Waals surface area contributed by atoms with E-state index in [0.717, 1.165) is 45.1 Å². The third-order valence-corrected chi connectivity index (χ3v) is 3.19. The van der Waals surface area contributed by atoms with Crippen LogP contribution in [0.5, 0.6) is 0 Å². The minimum Gasteiger partial charge on any atom is -0.379 e. The number of morpholine rings is 1. The molecular formula is C12H22N4O. The van der Waals surface area contributed by atoms with E-state index < -0.39 is 0 Å². The zero-order chi connectivity index (χ0) is 11.9. The average Bonchev–Trinajstić information content (AvgIpc) is 2.89. The van der Waals surface area contributed by atoms with Crippen molar-refractivity contribution in [2.45, 2.75) is 19.4 Å². The van der Waals surface area contributed by atoms with Gasteiger partial charge in [-0.15, -0.1) is 0 Å². The highest BCUT2D eigenvalue weighted by molar-refractivity contribution is 5.02. The van der Waals surface area contributed by atoms with Crippen molar-refractivity contribution in [3.05, 3.63) is 18.0 Å². The first-order valence-corrected chi connectivity index (χ1v) is 6.39. The van der Waals surface area contributed by atoms with Crippen molar-refractivity contribution in [1.29, 1.82) is 0 Å². The molecule has 1 aliphatic rings. The summed E-state index contributed by atoms with van der Waals surface area (Å²) in [5, 5.41) is 10.4. The number of H-pyrrole nitrogens is 1. The number of aromatic amines is 1. The fraction of sp³-hybridized carbons (Fsp3) is 0.750. The highest BCUT2D eigenvalue weighted by Gasteiger charge is 2.10. The summed E-state index contributed by atoms with van der Waals surface area (Å²) in [6, 6.07) is 2.36. The fourth-order valence-electron chi connectivity index (χ4n) is 2.06. The Labute approximate surface area is 103 Å². The first kappa shape index (κ1) is 12.5. The number of hydrogen-bond acceptors (Lipinski definition) is 4. The van der Waals surface area contributed by atoms with Crippen molar-refractivity contribution in [3.8, 4) is 0 Å². The molecule has 0 aliphatic carbocycles. The van der Waals surface area contributed by atoms with Gasteiger partial charge in [-0.05, 0) is 32.5 Å². The first-order chi connectivity index (χ1) is 8.36. The zero-order valence-corrected chi connectivity index (χ0v) is 10.5. The topological polar surface area (TPSA) is 53.2 Å². The number of rotatable bonds is 6. The summed E-state index contributed by atoms with van der Waals surface area (Å²) >= 11 is 0. The highest BCUT2D eigenvalue weighted by Crippen LogP contribution is 2.07. The number of nitrogens with zero attached hydrogens (tertiary/aromatic N) is 2. The number of nitrogens with one attached hydrogen (secondary N) is 2. The highest BCUT2D eigenvalue weighted by atomic mass is 16.5. The molecule has 1 saturated heterocycles. The van der Waals surface area contributed by atoms with Gasteiger partial charge in [-0.3, -0.25) is 10.00 Å². The van der Waals surface area contributed by atoms with Crippen LogP contribution in [-0.4, -0.2) is 54.5 Å². The third-order valence-electron chi connectivity index (χ3n) is 3.19. The van der Waals surface area contributed by atoms with Crippen LogP contribution in [0.25, 0.3) is 0 Å². The predicted molar refractivity (Wildman–Crippen MR) is 66.9 cm³/mol. The Balaban J connectivity index is 1.56. The monoisotopic (exact) mass is 238 g/mol. The molecule has 0 amide bonds. The first-order valence-electron chi connectivity index (χ1n) is 6.39. The maximum Gasteiger partial charge on any atom is 0.0594 e. The van der Waals surface area contributed by atoms with Crippen LogP contribution in [0.1, 0.15) is 25.1 Å². The molecule has 1 unspecified atom stereocenters. The molecule has 2 heterocycles. The SMILES string of the molecule is CC(NCCCN1CCOCC1)c1ccn[nH]1. The Morgan fingerprint density at radius 3 is 3.06 bits per heavy atom. The minimum atomic E-state index is 0.349. The molecule has 0 radical (unpaired) electrons. The molecule has 5 heteroatoms. The van der Waals surface area contributed by atoms with E-state index >= 15 is 0 Å². The second-order valence-corrected chi connectivity index (χ2v) is 4.50. The summed E-state index contributed by atoms with van der Waals surface area (Å²) in [4.78, 5) is 2.46. The molecule has 2 rings (SSSR count). The lowest BCUT2D eigenvalue weighted by atomic mass is 10.2. The van der Waals surface area contributed by atoms with Crippen LogP contribution < -0.4 is 5.32 Å². The molecule has 0 aromatic carbocycles. The van der Waals surface area contributed by atoms with Crippen molar-refractivity contribution in [2.24, 2.45) is 0 Å². The lowest BCUT2D eigenvalue weighted by molar-refractivity contribution is 0.0374. The van der Waals surface area contributed by atoms with Crippen LogP contribution in [-0.2, 0) is 4.74 Å². The largest absolute Gasteiger partial charge is 0.379 e. The van der Waals surface area contributed by atoms with E-state index in [4.69, 9.17) is 4.74 Å². The maximum absolute atomic E-state index is 5.32. The molecule has 17 heavy (non-hydrogen) atoms. The predicted octanol–water partition coefficient (Wildman–Crippen LogP) is 0.783. The summed E-state index contributed by atoms with van der Waals surface area (Å²) < 4.78 is 5.32. The van der Waals surface area contributed by atoms with E-state index in [1.807, 2.05) is 6.07 Å². The second-order valence-electron chi connectivity index (χ2n) is 4.50. The van der Waals surface area contributed by atoms with E-state index in [9.17, 15) is 0 Å². The van der Waals surface area contributed by atoms with Gasteiger partial charge in [0.05, 0.1) is 18.9 Å². The maximum atomic E-state index is 5.32. The van der Waals surface area contributed by atoms with Gasteiger partial charge in [0.2, 0.25) is 0 Å². The van der Waals surface area contributed by atoms with E-state index in [2.05, 4.69) is 27.3 Å². The Morgan fingerprint density at radius 2 is 2.35 bits per heavy atom. The van der Waals surface area contributed by atoms with Crippen LogP contribution >= 0.6 is 0 Å². The third kappa shape index (κ3) is 4.11. The van der Waals surface area contributed by atoms with Gasteiger partial charge in [0, 0.05) is 25.3 Å². The van der Waals surface area contributed by atoms with Gasteiger partial charge in [0.15, 0.2) is 0 Å². The van der Waals surface area contributed by atoms with Crippen molar-refractivity contribution < 1.29 is 4.74 Å². The molecule has 0 bridgehead atoms. The van der Waals surface area contributed by atoms with Crippen LogP contribution in [0.2, 0.25) is 0 Å². The normalized spacial score (nSPS) is 19.4. The van der Waals surface area contributed by atoms with Gasteiger partial charge in [-0.1, -0.05) is 0 Å². The quantitative estimate of drug-likeness (QED) is 0.719.